The monoisotopic (exact) mass is 275 g/mol. The lowest BCUT2D eigenvalue weighted by Crippen LogP contribution is -2.10. The summed E-state index contributed by atoms with van der Waals surface area (Å²) in [5, 5.41) is 2.88. The van der Waals surface area contributed by atoms with Gasteiger partial charge in [-0.15, -0.1) is 0 Å². The quantitative estimate of drug-likeness (QED) is 0.469. The van der Waals surface area contributed by atoms with Gasteiger partial charge >= 0.3 is 0 Å². The van der Waals surface area contributed by atoms with Gasteiger partial charge < -0.3 is 0 Å². The Balaban J connectivity index is 3.20. The average Bonchev–Trinajstić information content (AvgIpc) is 2.28. The minimum atomic E-state index is -3.45. The zero-order valence-electron chi connectivity index (χ0n) is 9.60. The number of hydrogen-bond donors (Lipinski definition) is 0. The van der Waals surface area contributed by atoms with Crippen molar-refractivity contribution in [3.05, 3.63) is 39.8 Å². The zero-order valence-corrected chi connectivity index (χ0v) is 10.4. The molecule has 18 heavy (non-hydrogen) atoms. The van der Waals surface area contributed by atoms with E-state index >= 15 is 0 Å². The van der Waals surface area contributed by atoms with Crippen LogP contribution in [-0.2, 0) is 15.6 Å². The van der Waals surface area contributed by atoms with Crippen molar-refractivity contribution >= 4 is 15.5 Å². The normalized spacial score (nSPS) is 11.1. The number of nitrogens with zero attached hydrogens (tertiary/aromatic N) is 3. The molecule has 0 heterocycles. The molecule has 98 valence electrons. The molecule has 0 saturated carbocycles. The maximum Gasteiger partial charge on any atom is 0.154 e. The predicted octanol–water partition coefficient (Wildman–Crippen LogP) is 3.23. The summed E-state index contributed by atoms with van der Waals surface area (Å²) in [6.45, 7) is 1.68. The molecule has 0 aromatic heterocycles. The van der Waals surface area contributed by atoms with Gasteiger partial charge in [-0.3, -0.25) is 0 Å². The smallest absolute Gasteiger partial charge is 0.154 e. The maximum absolute atomic E-state index is 13.7. The second kappa shape index (κ2) is 5.79. The Morgan fingerprint density at radius 2 is 2.06 bits per heavy atom. The summed E-state index contributed by atoms with van der Waals surface area (Å²) in [5.41, 5.74) is 7.18. The number of rotatable bonds is 5. The van der Waals surface area contributed by atoms with Crippen molar-refractivity contribution in [3.63, 3.8) is 0 Å². The molecule has 0 fully saturated rings. The molecule has 0 aliphatic carbocycles. The van der Waals surface area contributed by atoms with Crippen LogP contribution >= 0.6 is 0 Å². The molecule has 0 aliphatic rings. The molecule has 0 radical (unpaired) electrons. The van der Waals surface area contributed by atoms with Crippen molar-refractivity contribution < 1.29 is 17.2 Å². The van der Waals surface area contributed by atoms with Crippen LogP contribution < -0.4 is 0 Å². The van der Waals surface area contributed by atoms with E-state index in [0.717, 1.165) is 12.1 Å². The minimum absolute atomic E-state index is 0.0827. The first-order chi connectivity index (χ1) is 8.41. The summed E-state index contributed by atoms with van der Waals surface area (Å²) in [6.07, 6.45) is 0.411. The summed E-state index contributed by atoms with van der Waals surface area (Å²) in [6, 6.07) is 1.91. The number of halogens is 2. The fourth-order valence-corrected chi connectivity index (χ4v) is 2.91. The van der Waals surface area contributed by atoms with Gasteiger partial charge in [0.2, 0.25) is 0 Å². The molecule has 0 N–H and O–H groups in total. The van der Waals surface area contributed by atoms with Crippen LogP contribution in [0.4, 0.5) is 14.5 Å². The second-order valence-corrected chi connectivity index (χ2v) is 5.83. The maximum atomic E-state index is 13.7. The molecule has 0 saturated heterocycles. The third-order valence-corrected chi connectivity index (χ3v) is 3.96. The van der Waals surface area contributed by atoms with Crippen LogP contribution in [0.5, 0.6) is 0 Å². The van der Waals surface area contributed by atoms with Crippen LogP contribution in [0.1, 0.15) is 18.9 Å². The first-order valence-corrected chi connectivity index (χ1v) is 6.95. The number of azide groups is 1. The highest BCUT2D eigenvalue weighted by Gasteiger charge is 2.18. The van der Waals surface area contributed by atoms with Crippen LogP contribution in [0.3, 0.4) is 0 Å². The highest BCUT2D eigenvalue weighted by molar-refractivity contribution is 7.90. The SMILES string of the molecule is CCCS(=O)(=O)Cc1ccc(F)c(N=[N+]=[N-])c1F. The van der Waals surface area contributed by atoms with Crippen molar-refractivity contribution in [2.75, 3.05) is 5.75 Å². The Morgan fingerprint density at radius 1 is 1.39 bits per heavy atom. The Kier molecular flexibility index (Phi) is 4.63. The van der Waals surface area contributed by atoms with E-state index in [1.807, 2.05) is 0 Å². The van der Waals surface area contributed by atoms with Gasteiger partial charge in [-0.05, 0) is 18.0 Å². The largest absolute Gasteiger partial charge is 0.228 e. The van der Waals surface area contributed by atoms with Gasteiger partial charge in [-0.25, -0.2) is 17.2 Å². The first-order valence-electron chi connectivity index (χ1n) is 5.13. The third-order valence-electron chi connectivity index (χ3n) is 2.18. The van der Waals surface area contributed by atoms with Gasteiger partial charge in [0.15, 0.2) is 9.84 Å². The predicted molar refractivity (Wildman–Crippen MR) is 62.9 cm³/mol. The van der Waals surface area contributed by atoms with Gasteiger partial charge in [-0.2, -0.15) is 0 Å². The van der Waals surface area contributed by atoms with Crippen LogP contribution in [0.2, 0.25) is 0 Å². The van der Waals surface area contributed by atoms with Gasteiger partial charge in [0.05, 0.1) is 11.5 Å². The minimum Gasteiger partial charge on any atom is -0.228 e. The first kappa shape index (κ1) is 14.4. The lowest BCUT2D eigenvalue weighted by Gasteiger charge is -2.06. The zero-order chi connectivity index (χ0) is 13.8. The van der Waals surface area contributed by atoms with E-state index in [1.54, 1.807) is 6.92 Å². The summed E-state index contributed by atoms with van der Waals surface area (Å²) in [7, 11) is -3.45. The van der Waals surface area contributed by atoms with Crippen molar-refractivity contribution in [2.24, 2.45) is 5.11 Å². The highest BCUT2D eigenvalue weighted by Crippen LogP contribution is 2.26. The summed E-state index contributed by atoms with van der Waals surface area (Å²) in [5.74, 6) is -2.78. The van der Waals surface area contributed by atoms with Crippen LogP contribution in [0.15, 0.2) is 17.2 Å². The number of sulfone groups is 1. The van der Waals surface area contributed by atoms with Gasteiger partial charge in [-0.1, -0.05) is 18.1 Å². The molecular weight excluding hydrogens is 264 g/mol. The van der Waals surface area contributed by atoms with Crippen LogP contribution in [0, 0.1) is 11.6 Å². The Labute approximate surface area is 103 Å². The van der Waals surface area contributed by atoms with Gasteiger partial charge in [0, 0.05) is 10.5 Å². The van der Waals surface area contributed by atoms with E-state index < -0.39 is 32.9 Å². The Morgan fingerprint density at radius 3 is 2.61 bits per heavy atom. The van der Waals surface area contributed by atoms with Crippen LogP contribution in [0.25, 0.3) is 10.4 Å². The lowest BCUT2D eigenvalue weighted by molar-refractivity contribution is 0.572. The van der Waals surface area contributed by atoms with Gasteiger partial charge in [0.25, 0.3) is 0 Å². The van der Waals surface area contributed by atoms with E-state index in [2.05, 4.69) is 10.0 Å². The molecule has 1 rings (SSSR count). The number of hydrogen-bond acceptors (Lipinski definition) is 3. The molecule has 1 aromatic carbocycles. The van der Waals surface area contributed by atoms with E-state index in [-0.39, 0.29) is 11.3 Å². The Hall–Kier alpha value is -1.66. The molecular formula is C10H11F2N3O2S. The molecule has 8 heteroatoms. The van der Waals surface area contributed by atoms with Crippen LogP contribution in [-0.4, -0.2) is 14.2 Å². The molecule has 1 aromatic rings. The average molecular weight is 275 g/mol. The van der Waals surface area contributed by atoms with Crippen molar-refractivity contribution in [1.29, 1.82) is 0 Å². The van der Waals surface area contributed by atoms with Crippen molar-refractivity contribution in [2.45, 2.75) is 19.1 Å². The van der Waals surface area contributed by atoms with E-state index in [9.17, 15) is 17.2 Å². The third kappa shape index (κ3) is 3.41. The summed E-state index contributed by atoms with van der Waals surface area (Å²) >= 11 is 0. The van der Waals surface area contributed by atoms with E-state index in [1.165, 1.54) is 0 Å². The van der Waals surface area contributed by atoms with Crippen molar-refractivity contribution in [3.8, 4) is 0 Å². The van der Waals surface area contributed by atoms with E-state index in [0.29, 0.717) is 6.42 Å². The molecule has 5 nitrogen and oxygen atoms in total. The second-order valence-electron chi connectivity index (χ2n) is 3.65. The highest BCUT2D eigenvalue weighted by atomic mass is 32.2. The topological polar surface area (TPSA) is 82.9 Å². The fourth-order valence-electron chi connectivity index (χ4n) is 1.45. The summed E-state index contributed by atoms with van der Waals surface area (Å²) < 4.78 is 50.0. The molecule has 0 atom stereocenters. The molecule has 0 spiro atoms. The fraction of sp³-hybridized carbons (Fsp3) is 0.400. The molecule has 0 aliphatic heterocycles. The lowest BCUT2D eigenvalue weighted by atomic mass is 10.2. The summed E-state index contributed by atoms with van der Waals surface area (Å²) in [4.78, 5) is 2.30. The Bertz CT molecular complexity index is 595. The molecule has 0 amide bonds. The number of benzene rings is 1. The standard InChI is InChI=1S/C10H11F2N3O2S/c1-2-5-18(16,17)6-7-3-4-8(11)10(9(7)12)14-15-13/h3-4H,2,5-6H2,1H3. The molecule has 0 bridgehead atoms. The van der Waals surface area contributed by atoms with Crippen molar-refractivity contribution in [1.82, 2.24) is 0 Å². The van der Waals surface area contributed by atoms with Gasteiger partial charge in [0.1, 0.15) is 17.3 Å². The molecule has 0 unspecified atom stereocenters. The van der Waals surface area contributed by atoms with E-state index in [4.69, 9.17) is 5.53 Å².